The lowest BCUT2D eigenvalue weighted by Gasteiger charge is -2.11. The average molecular weight is 328 g/mol. The summed E-state index contributed by atoms with van der Waals surface area (Å²) >= 11 is 0. The van der Waals surface area contributed by atoms with E-state index in [0.29, 0.717) is 6.54 Å². The average Bonchev–Trinajstić information content (AvgIpc) is 2.57. The van der Waals surface area contributed by atoms with Crippen molar-refractivity contribution in [3.05, 3.63) is 59.7 Å². The van der Waals surface area contributed by atoms with Gasteiger partial charge in [-0.1, -0.05) is 24.3 Å². The molecule has 0 aromatic heterocycles. The molecule has 0 saturated carbocycles. The van der Waals surface area contributed by atoms with Crippen molar-refractivity contribution in [1.82, 2.24) is 5.32 Å². The lowest BCUT2D eigenvalue weighted by Crippen LogP contribution is -2.30. The highest BCUT2D eigenvalue weighted by Crippen LogP contribution is 2.16. The van der Waals surface area contributed by atoms with Gasteiger partial charge in [0.25, 0.3) is 0 Å². The lowest BCUT2D eigenvalue weighted by atomic mass is 10.1. The molecule has 5 heteroatoms. The van der Waals surface area contributed by atoms with E-state index in [1.807, 2.05) is 62.4 Å². The van der Waals surface area contributed by atoms with Gasteiger partial charge in [-0.2, -0.15) is 0 Å². The van der Waals surface area contributed by atoms with Gasteiger partial charge >= 0.3 is 6.03 Å². The van der Waals surface area contributed by atoms with Gasteiger partial charge in [-0.25, -0.2) is 4.79 Å². The van der Waals surface area contributed by atoms with Crippen LogP contribution >= 0.6 is 0 Å². The van der Waals surface area contributed by atoms with Crippen molar-refractivity contribution in [2.75, 3.05) is 11.9 Å². The number of ether oxygens (including phenoxy) is 1. The van der Waals surface area contributed by atoms with Crippen molar-refractivity contribution in [3.63, 3.8) is 0 Å². The first-order valence-electron chi connectivity index (χ1n) is 8.07. The summed E-state index contributed by atoms with van der Waals surface area (Å²) in [7, 11) is 0. The van der Waals surface area contributed by atoms with E-state index in [2.05, 4.69) is 10.6 Å². The number of hydrogen-bond donors (Lipinski definition) is 3. The van der Waals surface area contributed by atoms with Crippen LogP contribution in [0.1, 0.15) is 25.0 Å². The van der Waals surface area contributed by atoms with Crippen molar-refractivity contribution in [2.24, 2.45) is 0 Å². The molecule has 0 atom stereocenters. The Morgan fingerprint density at radius 1 is 1.04 bits per heavy atom. The smallest absolute Gasteiger partial charge is 0.319 e. The third-order valence-electron chi connectivity index (χ3n) is 3.39. The van der Waals surface area contributed by atoms with E-state index in [0.717, 1.165) is 29.0 Å². The molecule has 2 amide bonds. The van der Waals surface area contributed by atoms with Crippen LogP contribution in [0.4, 0.5) is 10.5 Å². The zero-order valence-electron chi connectivity index (χ0n) is 14.1. The van der Waals surface area contributed by atoms with E-state index in [4.69, 9.17) is 9.84 Å². The van der Waals surface area contributed by atoms with Gasteiger partial charge in [0.05, 0.1) is 12.7 Å². The number of rotatable bonds is 7. The Labute approximate surface area is 142 Å². The molecule has 0 unspecified atom stereocenters. The van der Waals surface area contributed by atoms with Crippen molar-refractivity contribution in [1.29, 1.82) is 0 Å². The van der Waals surface area contributed by atoms with Gasteiger partial charge in [0.15, 0.2) is 0 Å². The van der Waals surface area contributed by atoms with Crippen LogP contribution in [0, 0.1) is 0 Å². The maximum atomic E-state index is 11.9. The first-order chi connectivity index (χ1) is 11.6. The molecule has 2 aromatic carbocycles. The molecule has 128 valence electrons. The van der Waals surface area contributed by atoms with Crippen LogP contribution in [0.2, 0.25) is 0 Å². The third-order valence-corrected chi connectivity index (χ3v) is 3.39. The number of hydrogen-bond acceptors (Lipinski definition) is 3. The van der Waals surface area contributed by atoms with Gasteiger partial charge in [0, 0.05) is 12.2 Å². The molecular weight excluding hydrogens is 304 g/mol. The minimum absolute atomic E-state index is 0.0436. The summed E-state index contributed by atoms with van der Waals surface area (Å²) in [5.41, 5.74) is 2.72. The van der Waals surface area contributed by atoms with Gasteiger partial charge in [-0.05, 0) is 55.7 Å². The zero-order valence-corrected chi connectivity index (χ0v) is 14.1. The first kappa shape index (κ1) is 17.8. The van der Waals surface area contributed by atoms with Gasteiger partial charge < -0.3 is 20.5 Å². The van der Waals surface area contributed by atoms with E-state index >= 15 is 0 Å². The Kier molecular flexibility index (Phi) is 6.63. The Hall–Kier alpha value is -2.53. The Bertz CT molecular complexity index is 637. The molecule has 0 spiro atoms. The predicted octanol–water partition coefficient (Wildman–Crippen LogP) is 3.33. The zero-order chi connectivity index (χ0) is 17.4. The fourth-order valence-corrected chi connectivity index (χ4v) is 2.20. The van der Waals surface area contributed by atoms with Crippen molar-refractivity contribution in [3.8, 4) is 5.75 Å². The summed E-state index contributed by atoms with van der Waals surface area (Å²) < 4.78 is 5.56. The molecule has 3 N–H and O–H groups in total. The summed E-state index contributed by atoms with van der Waals surface area (Å²) in [5, 5.41) is 14.6. The summed E-state index contributed by atoms with van der Waals surface area (Å²) in [4.78, 5) is 11.9. The number of carbonyl (C=O) groups excluding carboxylic acids is 1. The predicted molar refractivity (Wildman–Crippen MR) is 95.3 cm³/mol. The molecule has 0 aliphatic carbocycles. The van der Waals surface area contributed by atoms with E-state index in [1.165, 1.54) is 0 Å². The van der Waals surface area contributed by atoms with Crippen molar-refractivity contribution < 1.29 is 14.6 Å². The molecule has 2 rings (SSSR count). The monoisotopic (exact) mass is 328 g/mol. The van der Waals surface area contributed by atoms with Gasteiger partial charge in [-0.3, -0.25) is 0 Å². The van der Waals surface area contributed by atoms with Crippen molar-refractivity contribution in [2.45, 2.75) is 33.0 Å². The number of amides is 2. The summed E-state index contributed by atoms with van der Waals surface area (Å²) in [5.74, 6) is 0.780. The Balaban J connectivity index is 1.74. The molecular formula is C19H24N2O3. The minimum atomic E-state index is -0.237. The van der Waals surface area contributed by atoms with E-state index in [-0.39, 0.29) is 18.7 Å². The molecule has 2 aromatic rings. The fourth-order valence-electron chi connectivity index (χ4n) is 2.20. The number of nitrogens with one attached hydrogen (secondary N) is 2. The van der Waals surface area contributed by atoms with Crippen molar-refractivity contribution >= 4 is 11.7 Å². The molecule has 0 heterocycles. The second-order valence-electron chi connectivity index (χ2n) is 5.80. The van der Waals surface area contributed by atoms with Crippen LogP contribution < -0.4 is 15.4 Å². The molecule has 0 saturated heterocycles. The highest BCUT2D eigenvalue weighted by molar-refractivity contribution is 5.89. The topological polar surface area (TPSA) is 70.6 Å². The Morgan fingerprint density at radius 2 is 1.67 bits per heavy atom. The van der Waals surface area contributed by atoms with Gasteiger partial charge in [0.2, 0.25) is 0 Å². The second-order valence-corrected chi connectivity index (χ2v) is 5.80. The van der Waals surface area contributed by atoms with E-state index in [9.17, 15) is 4.79 Å². The highest BCUT2D eigenvalue weighted by atomic mass is 16.5. The van der Waals surface area contributed by atoms with Crippen LogP contribution in [0.15, 0.2) is 48.5 Å². The number of aliphatic hydroxyl groups excluding tert-OH is 1. The molecule has 0 radical (unpaired) electrons. The number of carbonyl (C=O) groups is 1. The van der Waals surface area contributed by atoms with E-state index < -0.39 is 0 Å². The number of anilines is 1. The molecule has 0 aliphatic heterocycles. The summed E-state index contributed by atoms with van der Waals surface area (Å²) in [6, 6.07) is 14.7. The van der Waals surface area contributed by atoms with Gasteiger partial charge in [-0.15, -0.1) is 0 Å². The van der Waals surface area contributed by atoms with Crippen LogP contribution in [0.5, 0.6) is 5.75 Å². The highest BCUT2D eigenvalue weighted by Gasteiger charge is 2.03. The number of aliphatic hydroxyl groups is 1. The third kappa shape index (κ3) is 5.93. The Morgan fingerprint density at radius 3 is 2.25 bits per heavy atom. The quantitative estimate of drug-likeness (QED) is 0.730. The number of benzene rings is 2. The SMILES string of the molecule is CC(C)Oc1ccc(NC(=O)NCCc2ccc(CO)cc2)cc1. The van der Waals surface area contributed by atoms with Crippen LogP contribution in [0.3, 0.4) is 0 Å². The maximum Gasteiger partial charge on any atom is 0.319 e. The lowest BCUT2D eigenvalue weighted by molar-refractivity contribution is 0.242. The van der Waals surface area contributed by atoms with Gasteiger partial charge in [0.1, 0.15) is 5.75 Å². The summed E-state index contributed by atoms with van der Waals surface area (Å²) in [6.45, 7) is 4.52. The molecule has 0 aliphatic rings. The second kappa shape index (κ2) is 8.93. The molecule has 5 nitrogen and oxygen atoms in total. The molecule has 24 heavy (non-hydrogen) atoms. The largest absolute Gasteiger partial charge is 0.491 e. The van der Waals surface area contributed by atoms with Crippen LogP contribution in [-0.2, 0) is 13.0 Å². The molecule has 0 fully saturated rings. The van der Waals surface area contributed by atoms with Crippen LogP contribution in [0.25, 0.3) is 0 Å². The normalized spacial score (nSPS) is 10.5. The maximum absolute atomic E-state index is 11.9. The summed E-state index contributed by atoms with van der Waals surface area (Å²) in [6.07, 6.45) is 0.860. The minimum Gasteiger partial charge on any atom is -0.491 e. The first-order valence-corrected chi connectivity index (χ1v) is 8.07. The van der Waals surface area contributed by atoms with Crippen LogP contribution in [-0.4, -0.2) is 23.8 Å². The number of urea groups is 1. The molecule has 0 bridgehead atoms. The fraction of sp³-hybridized carbons (Fsp3) is 0.316. The van der Waals surface area contributed by atoms with E-state index in [1.54, 1.807) is 0 Å². The standard InChI is InChI=1S/C19H24N2O3/c1-14(2)24-18-9-7-17(8-10-18)21-19(23)20-12-11-15-3-5-16(13-22)6-4-15/h3-10,14,22H,11-13H2,1-2H3,(H2,20,21,23).